The lowest BCUT2D eigenvalue weighted by Crippen LogP contribution is -2.27. The van der Waals surface area contributed by atoms with Crippen LogP contribution < -0.4 is 4.90 Å². The van der Waals surface area contributed by atoms with E-state index in [1.54, 1.807) is 12.1 Å². The van der Waals surface area contributed by atoms with Crippen molar-refractivity contribution >= 4 is 43.3 Å². The maximum absolute atomic E-state index is 11.9. The van der Waals surface area contributed by atoms with Gasteiger partial charge in [0.25, 0.3) is 10.1 Å². The maximum atomic E-state index is 11.9. The molecule has 2 aliphatic rings. The molecule has 2 heterocycles. The van der Waals surface area contributed by atoms with Gasteiger partial charge in [0, 0.05) is 47.5 Å². The van der Waals surface area contributed by atoms with Crippen molar-refractivity contribution in [2.75, 3.05) is 38.1 Å². The highest BCUT2D eigenvalue weighted by atomic mass is 32.2. The summed E-state index contributed by atoms with van der Waals surface area (Å²) in [5.41, 5.74) is 3.86. The number of hydrogen-bond acceptors (Lipinski definition) is 8. The van der Waals surface area contributed by atoms with Crippen molar-refractivity contribution in [1.82, 2.24) is 4.90 Å². The summed E-state index contributed by atoms with van der Waals surface area (Å²) in [7, 11) is -7.08. The molecule has 0 aliphatic carbocycles. The van der Waals surface area contributed by atoms with E-state index in [2.05, 4.69) is 30.6 Å². The van der Waals surface area contributed by atoms with E-state index in [-0.39, 0.29) is 16.2 Å². The molecular formula is C38H53N3O8S2. The van der Waals surface area contributed by atoms with Crippen LogP contribution in [0.5, 0.6) is 0 Å². The van der Waals surface area contributed by atoms with Crippen LogP contribution in [0.25, 0.3) is 0 Å². The Bertz CT molecular complexity index is 1930. The van der Waals surface area contributed by atoms with Crippen molar-refractivity contribution < 1.29 is 40.4 Å². The monoisotopic (exact) mass is 743 g/mol. The van der Waals surface area contributed by atoms with E-state index >= 15 is 0 Å². The van der Waals surface area contributed by atoms with Gasteiger partial charge >= 0.3 is 5.97 Å². The lowest BCUT2D eigenvalue weighted by Gasteiger charge is -2.27. The summed E-state index contributed by atoms with van der Waals surface area (Å²) < 4.78 is 70.2. The summed E-state index contributed by atoms with van der Waals surface area (Å²) in [5, 5.41) is 8.96. The SMILES string of the molecule is CCN(CC)CC.C[N+]1=C(/C=C/C=C/C=C2/N(CCCCCC(=O)O)c3ccc(S(=O)(=O)O)cc3C2(C)C)C(C)(C)c2cc(S(=O)(=O)[O-])ccc21. The zero-order valence-corrected chi connectivity index (χ0v) is 32.6. The Morgan fingerprint density at radius 3 is 2.02 bits per heavy atom. The third kappa shape index (κ3) is 9.83. The van der Waals surface area contributed by atoms with Gasteiger partial charge < -0.3 is 19.5 Å². The quantitative estimate of drug-likeness (QED) is 0.0931. The highest BCUT2D eigenvalue weighted by Crippen LogP contribution is 2.48. The van der Waals surface area contributed by atoms with Gasteiger partial charge in [-0.2, -0.15) is 13.0 Å². The second-order valence-corrected chi connectivity index (χ2v) is 16.6. The molecule has 13 heteroatoms. The molecule has 280 valence electrons. The van der Waals surface area contributed by atoms with E-state index in [1.807, 2.05) is 69.7 Å². The molecule has 4 rings (SSSR count). The molecule has 2 aromatic rings. The second kappa shape index (κ2) is 16.8. The minimum Gasteiger partial charge on any atom is -0.744 e. The van der Waals surface area contributed by atoms with E-state index in [1.165, 1.54) is 43.9 Å². The summed E-state index contributed by atoms with van der Waals surface area (Å²) in [6, 6.07) is 8.99. The first kappa shape index (κ1) is 41.8. The molecule has 2 N–H and O–H groups in total. The number of anilines is 1. The van der Waals surface area contributed by atoms with Crippen LogP contribution in [0.3, 0.4) is 0 Å². The molecule has 0 atom stereocenters. The Labute approximate surface area is 304 Å². The van der Waals surface area contributed by atoms with E-state index in [0.29, 0.717) is 13.0 Å². The molecule has 51 heavy (non-hydrogen) atoms. The van der Waals surface area contributed by atoms with Crippen LogP contribution in [-0.2, 0) is 35.9 Å². The number of carboxylic acids is 1. The molecule has 0 bridgehead atoms. The normalized spacial score (nSPS) is 17.4. The molecular weight excluding hydrogens is 691 g/mol. The lowest BCUT2D eigenvalue weighted by molar-refractivity contribution is -0.401. The van der Waals surface area contributed by atoms with Gasteiger partial charge in [-0.3, -0.25) is 9.35 Å². The molecule has 0 unspecified atom stereocenters. The Morgan fingerprint density at radius 2 is 1.47 bits per heavy atom. The number of carboxylic acid groups (broad SMARTS) is 1. The first-order chi connectivity index (χ1) is 23.7. The zero-order chi connectivity index (χ0) is 38.4. The van der Waals surface area contributed by atoms with Crippen LogP contribution in [0.4, 0.5) is 11.4 Å². The molecule has 11 nitrogen and oxygen atoms in total. The minimum atomic E-state index is -4.58. The molecule has 0 spiro atoms. The number of carbonyl (C=O) groups is 1. The van der Waals surface area contributed by atoms with Crippen molar-refractivity contribution in [3.05, 3.63) is 83.6 Å². The Balaban J connectivity index is 0.000000908. The topological polar surface area (TPSA) is 158 Å². The fourth-order valence-electron chi connectivity index (χ4n) is 6.78. The predicted molar refractivity (Wildman–Crippen MR) is 201 cm³/mol. The van der Waals surface area contributed by atoms with Crippen molar-refractivity contribution in [3.8, 4) is 0 Å². The molecule has 0 amide bonds. The van der Waals surface area contributed by atoms with E-state index < -0.39 is 37.0 Å². The average molecular weight is 744 g/mol. The predicted octanol–water partition coefficient (Wildman–Crippen LogP) is 6.63. The largest absolute Gasteiger partial charge is 0.744 e. The van der Waals surface area contributed by atoms with Crippen LogP contribution in [0.1, 0.15) is 85.3 Å². The number of rotatable bonds is 14. The highest BCUT2D eigenvalue weighted by Gasteiger charge is 2.43. The third-order valence-electron chi connectivity index (χ3n) is 9.80. The van der Waals surface area contributed by atoms with Crippen molar-refractivity contribution in [2.45, 2.75) is 94.8 Å². The number of aliphatic carboxylic acids is 1. The fraction of sp³-hybridized carbons (Fsp3) is 0.474. The third-order valence-corrected chi connectivity index (χ3v) is 11.5. The van der Waals surface area contributed by atoms with Crippen LogP contribution in [0.2, 0.25) is 0 Å². The van der Waals surface area contributed by atoms with Gasteiger partial charge in [0.05, 0.1) is 15.2 Å². The van der Waals surface area contributed by atoms with Crippen molar-refractivity contribution in [2.24, 2.45) is 0 Å². The molecule has 2 aliphatic heterocycles. The molecule has 0 radical (unpaired) electrons. The molecule has 0 fully saturated rings. The van der Waals surface area contributed by atoms with E-state index in [4.69, 9.17) is 5.11 Å². The minimum absolute atomic E-state index is 0.104. The average Bonchev–Trinajstić information content (AvgIpc) is 3.38. The number of unbranched alkanes of at least 4 members (excludes halogenated alkanes) is 2. The zero-order valence-electron chi connectivity index (χ0n) is 31.0. The number of allylic oxidation sites excluding steroid dienone is 6. The fourth-order valence-corrected chi connectivity index (χ4v) is 7.78. The first-order valence-corrected chi connectivity index (χ1v) is 20.2. The number of fused-ring (bicyclic) bond motifs is 2. The molecule has 0 aromatic heterocycles. The van der Waals surface area contributed by atoms with Crippen LogP contribution in [0, 0.1) is 0 Å². The molecule has 0 saturated heterocycles. The van der Waals surface area contributed by atoms with Gasteiger partial charge in [-0.25, -0.2) is 8.42 Å². The Kier molecular flexibility index (Phi) is 13.8. The van der Waals surface area contributed by atoms with Gasteiger partial charge in [-0.1, -0.05) is 59.3 Å². The summed E-state index contributed by atoms with van der Waals surface area (Å²) >= 11 is 0. The number of hydrogen-bond donors (Lipinski definition) is 2. The summed E-state index contributed by atoms with van der Waals surface area (Å²) in [6.45, 7) is 18.6. The molecule has 0 saturated carbocycles. The number of benzene rings is 2. The summed E-state index contributed by atoms with van der Waals surface area (Å²) in [4.78, 5) is 15.0. The Morgan fingerprint density at radius 1 is 0.863 bits per heavy atom. The van der Waals surface area contributed by atoms with Crippen LogP contribution >= 0.6 is 0 Å². The van der Waals surface area contributed by atoms with Crippen LogP contribution in [-0.4, -0.2) is 85.4 Å². The second-order valence-electron chi connectivity index (χ2n) is 13.8. The van der Waals surface area contributed by atoms with Crippen molar-refractivity contribution in [1.29, 1.82) is 0 Å². The number of nitrogens with zero attached hydrogens (tertiary/aromatic N) is 3. The van der Waals surface area contributed by atoms with E-state index in [0.717, 1.165) is 46.8 Å². The summed E-state index contributed by atoms with van der Waals surface area (Å²) in [6.07, 6.45) is 11.7. The van der Waals surface area contributed by atoms with Gasteiger partial charge in [0.1, 0.15) is 17.2 Å². The van der Waals surface area contributed by atoms with Gasteiger partial charge in [0.2, 0.25) is 5.69 Å². The van der Waals surface area contributed by atoms with E-state index in [9.17, 15) is 30.7 Å². The standard InChI is InChI=1S/C32H38N2O8S2.C6H15N/c1-31(2)24-20-22(43(37,38)39)15-17-26(24)33(5)28(31)12-8-6-9-13-29-32(3,4)25-21-23(44(40,41)42)16-18-27(25)34(29)19-11-7-10-14-30(35)36;1-4-7(5-2)6-3/h6,8-9,12-13,15-18,20-21H,7,10-11,14,19H2,1-5H3,(H2-,35,36,37,38,39,40,41,42);4-6H2,1-3H3. The summed E-state index contributed by atoms with van der Waals surface area (Å²) in [5.74, 6) is -0.830. The smallest absolute Gasteiger partial charge is 0.303 e. The van der Waals surface area contributed by atoms with Gasteiger partial charge in [0.15, 0.2) is 5.71 Å². The van der Waals surface area contributed by atoms with Crippen LogP contribution in [0.15, 0.2) is 82.3 Å². The van der Waals surface area contributed by atoms with Crippen molar-refractivity contribution in [3.63, 3.8) is 0 Å². The highest BCUT2D eigenvalue weighted by molar-refractivity contribution is 7.86. The van der Waals surface area contributed by atoms with Gasteiger partial charge in [-0.15, -0.1) is 0 Å². The lowest BCUT2D eigenvalue weighted by atomic mass is 9.81. The maximum Gasteiger partial charge on any atom is 0.303 e. The Hall–Kier alpha value is -3.62. The first-order valence-electron chi connectivity index (χ1n) is 17.3. The molecule has 2 aromatic carbocycles. The van der Waals surface area contributed by atoms with Gasteiger partial charge in [-0.05, 0) is 88.3 Å².